The van der Waals surface area contributed by atoms with Crippen molar-refractivity contribution in [1.29, 1.82) is 0 Å². The first-order valence-corrected chi connectivity index (χ1v) is 6.51. The maximum atomic E-state index is 12.8. The van der Waals surface area contributed by atoms with Crippen LogP contribution in [0.2, 0.25) is 0 Å². The summed E-state index contributed by atoms with van der Waals surface area (Å²) in [5.74, 6) is 1.11. The molecule has 0 aliphatic rings. The minimum Gasteiger partial charge on any atom is -0.443 e. The Morgan fingerprint density at radius 3 is 2.64 bits per heavy atom. The van der Waals surface area contributed by atoms with Gasteiger partial charge in [-0.3, -0.25) is 0 Å². The monoisotopic (exact) mass is 307 g/mol. The molecular weight excluding hydrogens is 295 g/mol. The van der Waals surface area contributed by atoms with E-state index in [1.165, 1.54) is 12.4 Å². The maximum Gasteiger partial charge on any atom is 0.416 e. The van der Waals surface area contributed by atoms with E-state index in [9.17, 15) is 13.2 Å². The van der Waals surface area contributed by atoms with Crippen LogP contribution in [0.1, 0.15) is 16.9 Å². The Morgan fingerprint density at radius 2 is 1.91 bits per heavy atom. The molecule has 4 nitrogen and oxygen atoms in total. The highest BCUT2D eigenvalue weighted by molar-refractivity contribution is 5.91. The highest BCUT2D eigenvalue weighted by Gasteiger charge is 2.30. The Morgan fingerprint density at radius 1 is 1.14 bits per heavy atom. The van der Waals surface area contributed by atoms with Crippen LogP contribution in [-0.2, 0) is 6.18 Å². The second-order valence-electron chi connectivity index (χ2n) is 4.89. The summed E-state index contributed by atoms with van der Waals surface area (Å²) in [6.45, 7) is 3.65. The fourth-order valence-electron chi connectivity index (χ4n) is 2.19. The predicted octanol–water partition coefficient (Wildman–Crippen LogP) is 4.60. The third kappa shape index (κ3) is 2.49. The second-order valence-corrected chi connectivity index (χ2v) is 4.89. The molecule has 3 rings (SSSR count). The van der Waals surface area contributed by atoms with Crippen LogP contribution in [0.25, 0.3) is 11.1 Å². The summed E-state index contributed by atoms with van der Waals surface area (Å²) in [4.78, 5) is 8.13. The van der Waals surface area contributed by atoms with Crippen molar-refractivity contribution < 1.29 is 17.6 Å². The van der Waals surface area contributed by atoms with E-state index in [-0.39, 0.29) is 0 Å². The van der Waals surface area contributed by atoms with Gasteiger partial charge in [0.1, 0.15) is 17.9 Å². The van der Waals surface area contributed by atoms with Crippen LogP contribution in [0.3, 0.4) is 0 Å². The lowest BCUT2D eigenvalue weighted by molar-refractivity contribution is -0.137. The van der Waals surface area contributed by atoms with Gasteiger partial charge in [0, 0.05) is 11.3 Å². The number of hydrogen-bond donors (Lipinski definition) is 1. The van der Waals surface area contributed by atoms with Gasteiger partial charge in [0.2, 0.25) is 5.71 Å². The Labute approximate surface area is 124 Å². The normalized spacial score (nSPS) is 11.9. The lowest BCUT2D eigenvalue weighted by Gasteiger charge is -2.10. The smallest absolute Gasteiger partial charge is 0.416 e. The van der Waals surface area contributed by atoms with E-state index in [1.807, 2.05) is 6.92 Å². The number of rotatable bonds is 2. The lowest BCUT2D eigenvalue weighted by Crippen LogP contribution is -2.05. The molecule has 1 aromatic carbocycles. The van der Waals surface area contributed by atoms with E-state index in [0.717, 1.165) is 17.7 Å². The molecular formula is C15H12F3N3O. The number of halogens is 3. The summed E-state index contributed by atoms with van der Waals surface area (Å²) in [6.07, 6.45) is -3.08. The number of hydrogen-bond acceptors (Lipinski definition) is 4. The van der Waals surface area contributed by atoms with Crippen LogP contribution in [-0.4, -0.2) is 9.97 Å². The Hall–Kier alpha value is -2.57. The van der Waals surface area contributed by atoms with Crippen molar-refractivity contribution in [3.8, 4) is 0 Å². The van der Waals surface area contributed by atoms with Crippen molar-refractivity contribution in [3.05, 3.63) is 47.5 Å². The fraction of sp³-hybridized carbons (Fsp3) is 0.200. The molecule has 0 bridgehead atoms. The average molecular weight is 307 g/mol. The van der Waals surface area contributed by atoms with Crippen molar-refractivity contribution >= 4 is 22.6 Å². The first-order chi connectivity index (χ1) is 10.4. The van der Waals surface area contributed by atoms with Gasteiger partial charge in [-0.25, -0.2) is 9.97 Å². The number of aryl methyl sites for hydroxylation is 2. The van der Waals surface area contributed by atoms with E-state index in [0.29, 0.717) is 28.4 Å². The summed E-state index contributed by atoms with van der Waals surface area (Å²) in [5, 5.41) is 3.57. The molecule has 0 amide bonds. The molecule has 0 saturated heterocycles. The first kappa shape index (κ1) is 14.4. The molecule has 2 aromatic heterocycles. The van der Waals surface area contributed by atoms with Crippen LogP contribution in [0.5, 0.6) is 0 Å². The number of alkyl halides is 3. The van der Waals surface area contributed by atoms with E-state index in [2.05, 4.69) is 15.3 Å². The van der Waals surface area contributed by atoms with Crippen molar-refractivity contribution in [3.63, 3.8) is 0 Å². The topological polar surface area (TPSA) is 51.0 Å². The van der Waals surface area contributed by atoms with Crippen molar-refractivity contribution in [2.45, 2.75) is 20.0 Å². The quantitative estimate of drug-likeness (QED) is 0.751. The average Bonchev–Trinajstić information content (AvgIpc) is 2.75. The summed E-state index contributed by atoms with van der Waals surface area (Å²) < 4.78 is 43.8. The molecule has 0 fully saturated rings. The van der Waals surface area contributed by atoms with Crippen LogP contribution in [0, 0.1) is 13.8 Å². The Bertz CT molecular complexity index is 840. The van der Waals surface area contributed by atoms with Crippen LogP contribution >= 0.6 is 0 Å². The van der Waals surface area contributed by atoms with Gasteiger partial charge in [0.25, 0.3) is 0 Å². The molecule has 0 aliphatic carbocycles. The van der Waals surface area contributed by atoms with Crippen molar-refractivity contribution in [2.75, 3.05) is 5.32 Å². The molecule has 0 spiro atoms. The third-order valence-electron chi connectivity index (χ3n) is 3.42. The third-order valence-corrected chi connectivity index (χ3v) is 3.42. The standard InChI is InChI=1S/C15H12F3N3O/c1-8-9(2)22-14-12(8)13(19-7-20-14)21-11-5-3-4-10(6-11)15(16,17)18/h3-7H,1-2H3,(H,19,20,21). The van der Waals surface area contributed by atoms with Gasteiger partial charge in [-0.05, 0) is 32.0 Å². The number of nitrogens with one attached hydrogen (secondary N) is 1. The predicted molar refractivity (Wildman–Crippen MR) is 76.0 cm³/mol. The minimum atomic E-state index is -4.39. The fourth-order valence-corrected chi connectivity index (χ4v) is 2.19. The Balaban J connectivity index is 2.04. The summed E-state index contributed by atoms with van der Waals surface area (Å²) in [5.41, 5.74) is 0.834. The van der Waals surface area contributed by atoms with E-state index >= 15 is 0 Å². The molecule has 0 atom stereocenters. The van der Waals surface area contributed by atoms with Crippen LogP contribution in [0.4, 0.5) is 24.7 Å². The second kappa shape index (κ2) is 5.01. The van der Waals surface area contributed by atoms with E-state index in [4.69, 9.17) is 4.42 Å². The van der Waals surface area contributed by atoms with Gasteiger partial charge >= 0.3 is 6.18 Å². The Kier molecular flexibility index (Phi) is 3.27. The summed E-state index contributed by atoms with van der Waals surface area (Å²) >= 11 is 0. The van der Waals surface area contributed by atoms with Gasteiger partial charge < -0.3 is 9.73 Å². The zero-order valence-corrected chi connectivity index (χ0v) is 11.8. The van der Waals surface area contributed by atoms with Gasteiger partial charge in [-0.2, -0.15) is 13.2 Å². The number of nitrogens with zero attached hydrogens (tertiary/aromatic N) is 2. The molecule has 114 valence electrons. The van der Waals surface area contributed by atoms with Gasteiger partial charge in [0.05, 0.1) is 10.9 Å². The highest BCUT2D eigenvalue weighted by Crippen LogP contribution is 2.33. The zero-order valence-electron chi connectivity index (χ0n) is 11.8. The van der Waals surface area contributed by atoms with E-state index < -0.39 is 11.7 Å². The molecule has 1 N–H and O–H groups in total. The molecule has 0 aliphatic heterocycles. The maximum absolute atomic E-state index is 12.8. The first-order valence-electron chi connectivity index (χ1n) is 6.51. The van der Waals surface area contributed by atoms with Crippen molar-refractivity contribution in [2.24, 2.45) is 0 Å². The molecule has 0 radical (unpaired) electrons. The van der Waals surface area contributed by atoms with Gasteiger partial charge in [0.15, 0.2) is 0 Å². The molecule has 7 heteroatoms. The number of furan rings is 1. The van der Waals surface area contributed by atoms with Crippen LogP contribution in [0.15, 0.2) is 35.0 Å². The largest absolute Gasteiger partial charge is 0.443 e. The van der Waals surface area contributed by atoms with E-state index in [1.54, 1.807) is 13.0 Å². The SMILES string of the molecule is Cc1oc2ncnc(Nc3cccc(C(F)(F)F)c3)c2c1C. The van der Waals surface area contributed by atoms with Gasteiger partial charge in [-0.1, -0.05) is 6.07 Å². The number of anilines is 2. The van der Waals surface area contributed by atoms with Crippen LogP contribution < -0.4 is 5.32 Å². The summed E-state index contributed by atoms with van der Waals surface area (Å²) in [7, 11) is 0. The number of aromatic nitrogens is 2. The molecule has 0 unspecified atom stereocenters. The summed E-state index contributed by atoms with van der Waals surface area (Å²) in [6, 6.07) is 4.95. The van der Waals surface area contributed by atoms with Crippen molar-refractivity contribution in [1.82, 2.24) is 9.97 Å². The lowest BCUT2D eigenvalue weighted by atomic mass is 10.2. The molecule has 22 heavy (non-hydrogen) atoms. The van der Waals surface area contributed by atoms with Gasteiger partial charge in [-0.15, -0.1) is 0 Å². The zero-order chi connectivity index (χ0) is 15.9. The highest BCUT2D eigenvalue weighted by atomic mass is 19.4. The minimum absolute atomic E-state index is 0.299. The molecule has 2 heterocycles. The number of fused-ring (bicyclic) bond motifs is 1. The molecule has 0 saturated carbocycles. The number of benzene rings is 1. The molecule has 3 aromatic rings.